The number of hydrogen-bond acceptors (Lipinski definition) is 5. The van der Waals surface area contributed by atoms with E-state index in [1.54, 1.807) is 11.2 Å². The zero-order chi connectivity index (χ0) is 17.5. The van der Waals surface area contributed by atoms with Crippen LogP contribution in [0, 0.1) is 6.92 Å². The molecule has 7 nitrogen and oxygen atoms in total. The van der Waals surface area contributed by atoms with Crippen LogP contribution in [0.5, 0.6) is 0 Å². The molecule has 1 aliphatic rings. The zero-order valence-corrected chi connectivity index (χ0v) is 15.2. The molecule has 1 aliphatic heterocycles. The summed E-state index contributed by atoms with van der Waals surface area (Å²) in [6, 6.07) is 0.235. The van der Waals surface area contributed by atoms with Crippen LogP contribution in [-0.4, -0.2) is 49.2 Å². The van der Waals surface area contributed by atoms with Gasteiger partial charge in [0.1, 0.15) is 16.9 Å². The third-order valence-corrected chi connectivity index (χ3v) is 4.26. The Kier molecular flexibility index (Phi) is 4.38. The van der Waals surface area contributed by atoms with Crippen molar-refractivity contribution in [1.29, 1.82) is 0 Å². The minimum Gasteiger partial charge on any atom is -0.444 e. The molecule has 3 rings (SSSR count). The summed E-state index contributed by atoms with van der Waals surface area (Å²) in [4.78, 5) is 26.9. The Morgan fingerprint density at radius 3 is 2.58 bits per heavy atom. The molecule has 8 heteroatoms. The molecule has 1 saturated heterocycles. The van der Waals surface area contributed by atoms with Crippen LogP contribution in [0.1, 0.15) is 45.5 Å². The molecule has 0 atom stereocenters. The topological polar surface area (TPSA) is 73.1 Å². The van der Waals surface area contributed by atoms with Crippen LogP contribution >= 0.6 is 11.6 Å². The summed E-state index contributed by atoms with van der Waals surface area (Å²) in [6.45, 7) is 8.74. The number of carbonyl (C=O) groups is 1. The minimum atomic E-state index is -0.473. The molecule has 0 N–H and O–H groups in total. The molecule has 0 unspecified atom stereocenters. The summed E-state index contributed by atoms with van der Waals surface area (Å²) in [5.41, 5.74) is 0.903. The Morgan fingerprint density at radius 2 is 1.96 bits per heavy atom. The van der Waals surface area contributed by atoms with Crippen molar-refractivity contribution < 1.29 is 9.53 Å². The highest BCUT2D eigenvalue weighted by atomic mass is 35.5. The Balaban J connectivity index is 1.72. The van der Waals surface area contributed by atoms with E-state index in [9.17, 15) is 4.79 Å². The van der Waals surface area contributed by atoms with Crippen LogP contribution in [0.15, 0.2) is 6.33 Å². The highest BCUT2D eigenvalue weighted by Gasteiger charge is 2.28. The summed E-state index contributed by atoms with van der Waals surface area (Å²) in [5, 5.41) is 0.377. The summed E-state index contributed by atoms with van der Waals surface area (Å²) < 4.78 is 7.48. The number of fused-ring (bicyclic) bond motifs is 1. The van der Waals surface area contributed by atoms with E-state index in [2.05, 4.69) is 15.0 Å². The summed E-state index contributed by atoms with van der Waals surface area (Å²) in [7, 11) is 0. The van der Waals surface area contributed by atoms with Crippen molar-refractivity contribution >= 4 is 28.9 Å². The average Bonchev–Trinajstić information content (AvgIpc) is 2.89. The molecular formula is C16H22ClN5O2. The molecule has 0 radical (unpaired) electrons. The van der Waals surface area contributed by atoms with E-state index in [0.717, 1.165) is 18.5 Å². The highest BCUT2D eigenvalue weighted by molar-refractivity contribution is 6.33. The smallest absolute Gasteiger partial charge is 0.410 e. The molecular weight excluding hydrogens is 330 g/mol. The first-order valence-corrected chi connectivity index (χ1v) is 8.47. The summed E-state index contributed by atoms with van der Waals surface area (Å²) in [6.07, 6.45) is 3.16. The van der Waals surface area contributed by atoms with Crippen LogP contribution in [-0.2, 0) is 4.74 Å². The van der Waals surface area contributed by atoms with Crippen LogP contribution in [0.3, 0.4) is 0 Å². The number of imidazole rings is 1. The summed E-state index contributed by atoms with van der Waals surface area (Å²) in [5.74, 6) is 0.625. The second kappa shape index (κ2) is 6.20. The van der Waals surface area contributed by atoms with Gasteiger partial charge in [0.2, 0.25) is 0 Å². The standard InChI is InChI=1S/C16H22ClN5O2/c1-10-19-13(17)12-14(20-10)22(9-18-12)11-5-7-21(8-6-11)15(23)24-16(2,3)4/h9,11H,5-8H2,1-4H3. The molecule has 0 aromatic carbocycles. The van der Waals surface area contributed by atoms with E-state index in [4.69, 9.17) is 16.3 Å². The number of amides is 1. The number of piperidine rings is 1. The highest BCUT2D eigenvalue weighted by Crippen LogP contribution is 2.28. The summed E-state index contributed by atoms with van der Waals surface area (Å²) >= 11 is 6.14. The predicted molar refractivity (Wildman–Crippen MR) is 91.1 cm³/mol. The maximum Gasteiger partial charge on any atom is 0.410 e. The first-order chi connectivity index (χ1) is 11.2. The Bertz CT molecular complexity index is 760. The molecule has 2 aromatic heterocycles. The number of likely N-dealkylation sites (tertiary alicyclic amines) is 1. The predicted octanol–water partition coefficient (Wildman–Crippen LogP) is 3.36. The van der Waals surface area contributed by atoms with Gasteiger partial charge in [-0.2, -0.15) is 0 Å². The fraction of sp³-hybridized carbons (Fsp3) is 0.625. The van der Waals surface area contributed by atoms with Crippen molar-refractivity contribution in [2.24, 2.45) is 0 Å². The van der Waals surface area contributed by atoms with Crippen LogP contribution < -0.4 is 0 Å². The SMILES string of the molecule is Cc1nc(Cl)c2ncn(C3CCN(C(=O)OC(C)(C)C)CC3)c2n1. The van der Waals surface area contributed by atoms with Gasteiger partial charge in [0, 0.05) is 19.1 Å². The lowest BCUT2D eigenvalue weighted by molar-refractivity contribution is 0.0189. The second-order valence-electron chi connectivity index (χ2n) is 7.08. The van der Waals surface area contributed by atoms with E-state index in [0.29, 0.717) is 29.6 Å². The van der Waals surface area contributed by atoms with Crippen molar-refractivity contribution in [1.82, 2.24) is 24.4 Å². The van der Waals surface area contributed by atoms with Gasteiger partial charge < -0.3 is 14.2 Å². The normalized spacial score (nSPS) is 16.6. The Morgan fingerprint density at radius 1 is 1.29 bits per heavy atom. The van der Waals surface area contributed by atoms with Crippen molar-refractivity contribution in [2.75, 3.05) is 13.1 Å². The van der Waals surface area contributed by atoms with Gasteiger partial charge in [0.15, 0.2) is 10.8 Å². The lowest BCUT2D eigenvalue weighted by Gasteiger charge is -2.33. The second-order valence-corrected chi connectivity index (χ2v) is 7.44. The molecule has 0 aliphatic carbocycles. The van der Waals surface area contributed by atoms with Gasteiger partial charge in [-0.25, -0.2) is 19.7 Å². The zero-order valence-electron chi connectivity index (χ0n) is 14.4. The van der Waals surface area contributed by atoms with Crippen LogP contribution in [0.4, 0.5) is 4.79 Å². The van der Waals surface area contributed by atoms with Gasteiger partial charge in [0.25, 0.3) is 0 Å². The van der Waals surface area contributed by atoms with E-state index in [-0.39, 0.29) is 12.1 Å². The number of ether oxygens (including phenoxy) is 1. The molecule has 24 heavy (non-hydrogen) atoms. The molecule has 2 aromatic rings. The number of aryl methyl sites for hydroxylation is 1. The van der Waals surface area contributed by atoms with Gasteiger partial charge in [-0.15, -0.1) is 0 Å². The number of halogens is 1. The van der Waals surface area contributed by atoms with Gasteiger partial charge >= 0.3 is 6.09 Å². The van der Waals surface area contributed by atoms with E-state index >= 15 is 0 Å². The Labute approximate surface area is 146 Å². The van der Waals surface area contributed by atoms with E-state index in [1.165, 1.54) is 0 Å². The molecule has 1 amide bonds. The van der Waals surface area contributed by atoms with Crippen molar-refractivity contribution in [3.8, 4) is 0 Å². The molecule has 0 spiro atoms. The fourth-order valence-corrected chi connectivity index (χ4v) is 3.16. The molecule has 130 valence electrons. The number of rotatable bonds is 1. The van der Waals surface area contributed by atoms with Crippen LogP contribution in [0.2, 0.25) is 5.15 Å². The Hall–Kier alpha value is -1.89. The first-order valence-electron chi connectivity index (χ1n) is 8.09. The quantitative estimate of drug-likeness (QED) is 0.736. The first kappa shape index (κ1) is 17.0. The number of carbonyl (C=O) groups excluding carboxylic acids is 1. The third-order valence-electron chi connectivity index (χ3n) is 4.00. The number of nitrogens with zero attached hydrogens (tertiary/aromatic N) is 5. The molecule has 3 heterocycles. The molecule has 0 bridgehead atoms. The lowest BCUT2D eigenvalue weighted by atomic mass is 10.1. The number of hydrogen-bond donors (Lipinski definition) is 0. The van der Waals surface area contributed by atoms with Gasteiger partial charge in [0.05, 0.1) is 6.33 Å². The van der Waals surface area contributed by atoms with Crippen LogP contribution in [0.25, 0.3) is 11.2 Å². The van der Waals surface area contributed by atoms with Crippen molar-refractivity contribution in [3.63, 3.8) is 0 Å². The fourth-order valence-electron chi connectivity index (χ4n) is 2.90. The van der Waals surface area contributed by atoms with E-state index in [1.807, 2.05) is 32.3 Å². The number of aromatic nitrogens is 4. The third kappa shape index (κ3) is 3.45. The minimum absolute atomic E-state index is 0.235. The lowest BCUT2D eigenvalue weighted by Crippen LogP contribution is -2.42. The van der Waals surface area contributed by atoms with Gasteiger partial charge in [-0.1, -0.05) is 11.6 Å². The van der Waals surface area contributed by atoms with Crippen molar-refractivity contribution in [2.45, 2.75) is 52.2 Å². The van der Waals surface area contributed by atoms with Gasteiger partial charge in [-0.3, -0.25) is 0 Å². The molecule has 0 saturated carbocycles. The average molecular weight is 352 g/mol. The van der Waals surface area contributed by atoms with Gasteiger partial charge in [-0.05, 0) is 40.5 Å². The van der Waals surface area contributed by atoms with Crippen molar-refractivity contribution in [3.05, 3.63) is 17.3 Å². The maximum absolute atomic E-state index is 12.2. The monoisotopic (exact) mass is 351 g/mol. The van der Waals surface area contributed by atoms with E-state index < -0.39 is 5.60 Å². The maximum atomic E-state index is 12.2. The molecule has 1 fully saturated rings. The largest absolute Gasteiger partial charge is 0.444 e.